The highest BCUT2D eigenvalue weighted by Gasteiger charge is 2.26. The molecule has 110 valence electrons. The highest BCUT2D eigenvalue weighted by Crippen LogP contribution is 2.30. The van der Waals surface area contributed by atoms with E-state index < -0.39 is 0 Å². The summed E-state index contributed by atoms with van der Waals surface area (Å²) >= 11 is 9.41. The quantitative estimate of drug-likeness (QED) is 0.731. The van der Waals surface area contributed by atoms with Gasteiger partial charge in [0.2, 0.25) is 0 Å². The van der Waals surface area contributed by atoms with Crippen LogP contribution >= 0.6 is 27.5 Å². The third-order valence-electron chi connectivity index (χ3n) is 3.27. The Kier molecular flexibility index (Phi) is 5.73. The van der Waals surface area contributed by atoms with Crippen LogP contribution in [0, 0.1) is 5.92 Å². The summed E-state index contributed by atoms with van der Waals surface area (Å²) < 4.78 is 6.43. The second-order valence-corrected chi connectivity index (χ2v) is 6.47. The first kappa shape index (κ1) is 15.6. The van der Waals surface area contributed by atoms with Gasteiger partial charge in [0.15, 0.2) is 6.61 Å². The van der Waals surface area contributed by atoms with Crippen molar-refractivity contribution in [1.82, 2.24) is 4.90 Å². The van der Waals surface area contributed by atoms with Crippen molar-refractivity contribution < 1.29 is 9.53 Å². The summed E-state index contributed by atoms with van der Waals surface area (Å²) in [4.78, 5) is 14.1. The number of carbonyl (C=O) groups is 1. The van der Waals surface area contributed by atoms with E-state index in [9.17, 15) is 4.79 Å². The van der Waals surface area contributed by atoms with Crippen LogP contribution < -0.4 is 4.74 Å². The molecule has 0 aromatic heterocycles. The van der Waals surface area contributed by atoms with E-state index in [0.717, 1.165) is 24.0 Å². The summed E-state index contributed by atoms with van der Waals surface area (Å²) in [6.07, 6.45) is 3.46. The molecule has 0 atom stereocenters. The van der Waals surface area contributed by atoms with E-state index in [0.29, 0.717) is 16.7 Å². The Bertz CT molecular complexity index is 477. The maximum Gasteiger partial charge on any atom is 0.260 e. The lowest BCUT2D eigenvalue weighted by Gasteiger charge is -2.22. The van der Waals surface area contributed by atoms with Gasteiger partial charge in [-0.1, -0.05) is 34.5 Å². The summed E-state index contributed by atoms with van der Waals surface area (Å²) in [5, 5.41) is 0.511. The van der Waals surface area contributed by atoms with Crippen LogP contribution in [0.4, 0.5) is 0 Å². The van der Waals surface area contributed by atoms with Crippen LogP contribution in [0.1, 0.15) is 26.2 Å². The maximum atomic E-state index is 12.2. The predicted octanol–water partition coefficient (Wildman–Crippen LogP) is 4.13. The zero-order valence-corrected chi connectivity index (χ0v) is 13.9. The van der Waals surface area contributed by atoms with Crippen molar-refractivity contribution in [1.29, 1.82) is 0 Å². The largest absolute Gasteiger partial charge is 0.482 e. The zero-order valence-electron chi connectivity index (χ0n) is 11.6. The molecule has 1 aromatic rings. The normalized spacial score (nSPS) is 14.2. The first-order valence-corrected chi connectivity index (χ1v) is 8.13. The molecular formula is C15H19BrClNO2. The molecule has 5 heteroatoms. The molecule has 1 aromatic carbocycles. The molecule has 0 bridgehead atoms. The number of ether oxygens (including phenoxy) is 1. The fraction of sp³-hybridized carbons (Fsp3) is 0.533. The summed E-state index contributed by atoms with van der Waals surface area (Å²) in [5.41, 5.74) is 0. The monoisotopic (exact) mass is 359 g/mol. The highest BCUT2D eigenvalue weighted by atomic mass is 79.9. The highest BCUT2D eigenvalue weighted by molar-refractivity contribution is 9.10. The SMILES string of the molecule is CCCN(CC1CC1)C(=O)COc1ccc(Br)cc1Cl. The molecule has 20 heavy (non-hydrogen) atoms. The molecule has 0 N–H and O–H groups in total. The summed E-state index contributed by atoms with van der Waals surface area (Å²) in [5.74, 6) is 1.28. The van der Waals surface area contributed by atoms with Crippen molar-refractivity contribution in [2.24, 2.45) is 5.92 Å². The van der Waals surface area contributed by atoms with Crippen molar-refractivity contribution in [3.63, 3.8) is 0 Å². The van der Waals surface area contributed by atoms with Gasteiger partial charge in [-0.25, -0.2) is 0 Å². The van der Waals surface area contributed by atoms with E-state index in [4.69, 9.17) is 16.3 Å². The van der Waals surface area contributed by atoms with Crippen LogP contribution in [0.5, 0.6) is 5.75 Å². The van der Waals surface area contributed by atoms with Crippen molar-refractivity contribution in [2.45, 2.75) is 26.2 Å². The average Bonchev–Trinajstić information content (AvgIpc) is 3.21. The Morgan fingerprint density at radius 1 is 1.50 bits per heavy atom. The van der Waals surface area contributed by atoms with Crippen LogP contribution in [0.15, 0.2) is 22.7 Å². The van der Waals surface area contributed by atoms with Gasteiger partial charge in [0.25, 0.3) is 5.91 Å². The first-order chi connectivity index (χ1) is 9.60. The average molecular weight is 361 g/mol. The predicted molar refractivity (Wildman–Crippen MR) is 84.2 cm³/mol. The lowest BCUT2D eigenvalue weighted by Crippen LogP contribution is -2.37. The molecule has 0 spiro atoms. The summed E-state index contributed by atoms with van der Waals surface area (Å²) in [6.45, 7) is 3.80. The standard InChI is InChI=1S/C15H19BrClNO2/c1-2-7-18(9-11-3-4-11)15(19)10-20-14-6-5-12(16)8-13(14)17/h5-6,8,11H,2-4,7,9-10H2,1H3. The Labute approximate surface area is 133 Å². The van der Waals surface area contributed by atoms with Gasteiger partial charge in [0, 0.05) is 17.6 Å². The molecule has 3 nitrogen and oxygen atoms in total. The molecule has 0 saturated heterocycles. The maximum absolute atomic E-state index is 12.2. The lowest BCUT2D eigenvalue weighted by molar-refractivity contribution is -0.133. The van der Waals surface area contributed by atoms with E-state index in [1.807, 2.05) is 11.0 Å². The van der Waals surface area contributed by atoms with Gasteiger partial charge < -0.3 is 9.64 Å². The van der Waals surface area contributed by atoms with Crippen LogP contribution in [-0.2, 0) is 4.79 Å². The third-order valence-corrected chi connectivity index (χ3v) is 4.06. The number of amides is 1. The Balaban J connectivity index is 1.88. The number of carbonyl (C=O) groups excluding carboxylic acids is 1. The number of hydrogen-bond acceptors (Lipinski definition) is 2. The topological polar surface area (TPSA) is 29.5 Å². The van der Waals surface area contributed by atoms with Gasteiger partial charge in [0.1, 0.15) is 5.75 Å². The third kappa shape index (κ3) is 4.67. The van der Waals surface area contributed by atoms with Gasteiger partial charge in [-0.05, 0) is 43.4 Å². The molecule has 0 radical (unpaired) electrons. The Morgan fingerprint density at radius 2 is 2.25 bits per heavy atom. The van der Waals surface area contributed by atoms with E-state index in [-0.39, 0.29) is 12.5 Å². The van der Waals surface area contributed by atoms with E-state index in [1.165, 1.54) is 12.8 Å². The Morgan fingerprint density at radius 3 is 2.85 bits per heavy atom. The molecule has 0 heterocycles. The van der Waals surface area contributed by atoms with Gasteiger partial charge in [0.05, 0.1) is 5.02 Å². The van der Waals surface area contributed by atoms with Gasteiger partial charge in [-0.3, -0.25) is 4.79 Å². The summed E-state index contributed by atoms with van der Waals surface area (Å²) in [7, 11) is 0. The van der Waals surface area contributed by atoms with Crippen molar-refractivity contribution in [2.75, 3.05) is 19.7 Å². The van der Waals surface area contributed by atoms with Crippen molar-refractivity contribution in [3.8, 4) is 5.75 Å². The molecule has 1 fully saturated rings. The fourth-order valence-electron chi connectivity index (χ4n) is 2.02. The molecule has 1 aliphatic rings. The molecule has 0 aliphatic heterocycles. The minimum absolute atomic E-state index is 0.0396. The van der Waals surface area contributed by atoms with Crippen LogP contribution in [0.3, 0.4) is 0 Å². The van der Waals surface area contributed by atoms with Crippen LogP contribution in [-0.4, -0.2) is 30.5 Å². The van der Waals surface area contributed by atoms with Gasteiger partial charge in [-0.2, -0.15) is 0 Å². The van der Waals surface area contributed by atoms with Crippen molar-refractivity contribution in [3.05, 3.63) is 27.7 Å². The number of hydrogen-bond donors (Lipinski definition) is 0. The molecule has 1 saturated carbocycles. The smallest absolute Gasteiger partial charge is 0.260 e. The molecule has 2 rings (SSSR count). The van der Waals surface area contributed by atoms with Crippen LogP contribution in [0.25, 0.3) is 0 Å². The second-order valence-electron chi connectivity index (χ2n) is 5.15. The minimum Gasteiger partial charge on any atom is -0.482 e. The number of halogens is 2. The molecule has 1 amide bonds. The molecular weight excluding hydrogens is 342 g/mol. The van der Waals surface area contributed by atoms with Crippen molar-refractivity contribution >= 4 is 33.4 Å². The fourth-order valence-corrected chi connectivity index (χ4v) is 2.75. The lowest BCUT2D eigenvalue weighted by atomic mass is 10.3. The minimum atomic E-state index is 0.0396. The summed E-state index contributed by atoms with van der Waals surface area (Å²) in [6, 6.07) is 5.37. The van der Waals surface area contributed by atoms with Crippen LogP contribution in [0.2, 0.25) is 5.02 Å². The van der Waals surface area contributed by atoms with E-state index in [2.05, 4.69) is 22.9 Å². The Hall–Kier alpha value is -0.740. The van der Waals surface area contributed by atoms with E-state index in [1.54, 1.807) is 12.1 Å². The van der Waals surface area contributed by atoms with Gasteiger partial charge in [-0.15, -0.1) is 0 Å². The number of rotatable bonds is 7. The second kappa shape index (κ2) is 7.32. The molecule has 0 unspecified atom stereocenters. The van der Waals surface area contributed by atoms with E-state index >= 15 is 0 Å². The number of benzene rings is 1. The van der Waals surface area contributed by atoms with Gasteiger partial charge >= 0.3 is 0 Å². The molecule has 1 aliphatic carbocycles. The zero-order chi connectivity index (χ0) is 14.5. The first-order valence-electron chi connectivity index (χ1n) is 6.95. The number of nitrogens with zero attached hydrogens (tertiary/aromatic N) is 1.